The molecule has 0 unspecified atom stereocenters. The van der Waals surface area contributed by atoms with Gasteiger partial charge in [0.1, 0.15) is 17.0 Å². The Morgan fingerprint density at radius 2 is 1.96 bits per heavy atom. The van der Waals surface area contributed by atoms with Gasteiger partial charge in [-0.1, -0.05) is 36.4 Å². The SMILES string of the molecule is C=CCN(C(=O)c1csc(-c2ccoc2)n1)c1nc(-c2ccccc2)cs1. The van der Waals surface area contributed by atoms with Gasteiger partial charge in [-0.15, -0.1) is 29.3 Å². The lowest BCUT2D eigenvalue weighted by Gasteiger charge is -2.16. The van der Waals surface area contributed by atoms with Gasteiger partial charge in [-0.2, -0.15) is 0 Å². The number of carbonyl (C=O) groups is 1. The molecule has 0 saturated heterocycles. The smallest absolute Gasteiger partial charge is 0.279 e. The molecule has 0 bridgehead atoms. The molecule has 1 amide bonds. The number of aromatic nitrogens is 2. The lowest BCUT2D eigenvalue weighted by Crippen LogP contribution is -2.31. The van der Waals surface area contributed by atoms with Crippen LogP contribution in [-0.2, 0) is 0 Å². The van der Waals surface area contributed by atoms with Gasteiger partial charge in [-0.05, 0) is 6.07 Å². The largest absolute Gasteiger partial charge is 0.472 e. The third kappa shape index (κ3) is 3.60. The fourth-order valence-corrected chi connectivity index (χ4v) is 4.16. The van der Waals surface area contributed by atoms with Gasteiger partial charge in [-0.3, -0.25) is 9.69 Å². The van der Waals surface area contributed by atoms with Crippen LogP contribution in [0.2, 0.25) is 0 Å². The predicted molar refractivity (Wildman–Crippen MR) is 109 cm³/mol. The van der Waals surface area contributed by atoms with E-state index in [1.165, 1.54) is 22.7 Å². The standard InChI is InChI=1S/C20H15N3O2S2/c1-2-9-23(20-22-16(12-27-20)14-6-4-3-5-7-14)19(24)17-13-26-18(21-17)15-8-10-25-11-15/h2-8,10-13H,1,9H2. The molecule has 1 aromatic carbocycles. The average Bonchev–Trinajstić information content (AvgIpc) is 3.47. The maximum Gasteiger partial charge on any atom is 0.279 e. The number of thiazole rings is 2. The third-order valence-electron chi connectivity index (χ3n) is 3.84. The number of carbonyl (C=O) groups excluding carboxylic acids is 1. The minimum Gasteiger partial charge on any atom is -0.472 e. The molecular weight excluding hydrogens is 378 g/mol. The number of hydrogen-bond donors (Lipinski definition) is 0. The van der Waals surface area contributed by atoms with Crippen molar-refractivity contribution in [3.8, 4) is 21.8 Å². The van der Waals surface area contributed by atoms with E-state index in [4.69, 9.17) is 4.42 Å². The summed E-state index contributed by atoms with van der Waals surface area (Å²) in [5, 5.41) is 5.07. The molecule has 3 heterocycles. The van der Waals surface area contributed by atoms with Crippen LogP contribution in [0.3, 0.4) is 0 Å². The average molecular weight is 393 g/mol. The second-order valence-electron chi connectivity index (χ2n) is 5.64. The molecule has 0 aliphatic carbocycles. The number of hydrogen-bond acceptors (Lipinski definition) is 6. The molecule has 0 N–H and O–H groups in total. The Morgan fingerprint density at radius 1 is 1.11 bits per heavy atom. The van der Waals surface area contributed by atoms with E-state index in [9.17, 15) is 4.79 Å². The van der Waals surface area contributed by atoms with Gasteiger partial charge in [0.2, 0.25) is 0 Å². The van der Waals surface area contributed by atoms with E-state index in [-0.39, 0.29) is 5.91 Å². The number of furan rings is 1. The summed E-state index contributed by atoms with van der Waals surface area (Å²) >= 11 is 2.83. The zero-order valence-corrected chi connectivity index (χ0v) is 15.9. The monoisotopic (exact) mass is 393 g/mol. The maximum atomic E-state index is 13.0. The lowest BCUT2D eigenvalue weighted by molar-refractivity contribution is 0.0985. The first-order valence-electron chi connectivity index (χ1n) is 8.18. The van der Waals surface area contributed by atoms with Crippen molar-refractivity contribution in [2.75, 3.05) is 11.4 Å². The summed E-state index contributed by atoms with van der Waals surface area (Å²) in [5.41, 5.74) is 3.10. The number of rotatable bonds is 6. The van der Waals surface area contributed by atoms with Crippen LogP contribution in [0.4, 0.5) is 5.13 Å². The Hall–Kier alpha value is -3.03. The third-order valence-corrected chi connectivity index (χ3v) is 5.60. The van der Waals surface area contributed by atoms with Gasteiger partial charge in [0.25, 0.3) is 5.91 Å². The number of amides is 1. The van der Waals surface area contributed by atoms with Crippen molar-refractivity contribution in [2.24, 2.45) is 0 Å². The highest BCUT2D eigenvalue weighted by molar-refractivity contribution is 7.14. The molecule has 0 fully saturated rings. The van der Waals surface area contributed by atoms with E-state index in [0.29, 0.717) is 17.4 Å². The summed E-state index contributed by atoms with van der Waals surface area (Å²) in [6.45, 7) is 4.13. The Morgan fingerprint density at radius 3 is 2.70 bits per heavy atom. The first kappa shape index (κ1) is 17.4. The summed E-state index contributed by atoms with van der Waals surface area (Å²) in [4.78, 5) is 23.7. The van der Waals surface area contributed by atoms with Crippen LogP contribution in [0.15, 0.2) is 76.8 Å². The van der Waals surface area contributed by atoms with Crippen LogP contribution >= 0.6 is 22.7 Å². The van der Waals surface area contributed by atoms with Crippen LogP contribution in [0.5, 0.6) is 0 Å². The van der Waals surface area contributed by atoms with E-state index in [1.54, 1.807) is 28.9 Å². The second kappa shape index (κ2) is 7.69. The van der Waals surface area contributed by atoms with Crippen molar-refractivity contribution in [3.63, 3.8) is 0 Å². The number of nitrogens with zero attached hydrogens (tertiary/aromatic N) is 3. The normalized spacial score (nSPS) is 10.7. The fourth-order valence-electron chi connectivity index (χ4n) is 2.54. The first-order chi connectivity index (χ1) is 13.3. The van der Waals surface area contributed by atoms with E-state index >= 15 is 0 Å². The molecule has 7 heteroatoms. The molecule has 4 rings (SSSR count). The molecule has 0 aliphatic rings. The van der Waals surface area contributed by atoms with Gasteiger partial charge < -0.3 is 4.42 Å². The van der Waals surface area contributed by atoms with E-state index < -0.39 is 0 Å². The molecule has 4 aromatic rings. The van der Waals surface area contributed by atoms with Crippen molar-refractivity contribution in [1.29, 1.82) is 0 Å². The Bertz CT molecular complexity index is 1050. The van der Waals surface area contributed by atoms with Crippen molar-refractivity contribution in [1.82, 2.24) is 9.97 Å². The highest BCUT2D eigenvalue weighted by Crippen LogP contribution is 2.29. The van der Waals surface area contributed by atoms with Crippen molar-refractivity contribution >= 4 is 33.7 Å². The molecule has 134 valence electrons. The number of anilines is 1. The fraction of sp³-hybridized carbons (Fsp3) is 0.0500. The van der Waals surface area contributed by atoms with E-state index in [2.05, 4.69) is 16.5 Å². The predicted octanol–water partition coefficient (Wildman–Crippen LogP) is 5.36. The van der Waals surface area contributed by atoms with Gasteiger partial charge in [-0.25, -0.2) is 9.97 Å². The quantitative estimate of drug-likeness (QED) is 0.414. The van der Waals surface area contributed by atoms with E-state index in [1.807, 2.05) is 41.8 Å². The molecule has 3 aromatic heterocycles. The highest BCUT2D eigenvalue weighted by atomic mass is 32.1. The second-order valence-corrected chi connectivity index (χ2v) is 7.33. The van der Waals surface area contributed by atoms with Crippen molar-refractivity contribution in [2.45, 2.75) is 0 Å². The van der Waals surface area contributed by atoms with Crippen LogP contribution in [0.1, 0.15) is 10.5 Å². The zero-order chi connectivity index (χ0) is 18.6. The summed E-state index contributed by atoms with van der Waals surface area (Å²) in [7, 11) is 0. The van der Waals surface area contributed by atoms with Crippen LogP contribution < -0.4 is 4.90 Å². The molecule has 27 heavy (non-hydrogen) atoms. The summed E-state index contributed by atoms with van der Waals surface area (Å²) < 4.78 is 5.09. The van der Waals surface area contributed by atoms with Crippen LogP contribution in [0, 0.1) is 0 Å². The van der Waals surface area contributed by atoms with Gasteiger partial charge in [0.05, 0.1) is 12.0 Å². The molecule has 0 aliphatic heterocycles. The molecular formula is C20H15N3O2S2. The molecule has 0 spiro atoms. The molecule has 0 atom stereocenters. The maximum absolute atomic E-state index is 13.0. The van der Waals surface area contributed by atoms with E-state index in [0.717, 1.165) is 21.8 Å². The van der Waals surface area contributed by atoms with Gasteiger partial charge >= 0.3 is 0 Å². The number of benzene rings is 1. The zero-order valence-electron chi connectivity index (χ0n) is 14.2. The summed E-state index contributed by atoms with van der Waals surface area (Å²) in [5.74, 6) is -0.199. The minimum absolute atomic E-state index is 0.199. The molecule has 0 saturated carbocycles. The molecule has 5 nitrogen and oxygen atoms in total. The van der Waals surface area contributed by atoms with Crippen LogP contribution in [-0.4, -0.2) is 22.4 Å². The van der Waals surface area contributed by atoms with Gasteiger partial charge in [0.15, 0.2) is 5.13 Å². The lowest BCUT2D eigenvalue weighted by atomic mass is 10.2. The topological polar surface area (TPSA) is 59.2 Å². The summed E-state index contributed by atoms with van der Waals surface area (Å²) in [6, 6.07) is 11.7. The van der Waals surface area contributed by atoms with Crippen molar-refractivity contribution in [3.05, 3.63) is 78.0 Å². The van der Waals surface area contributed by atoms with Gasteiger partial charge in [0, 0.05) is 28.4 Å². The molecule has 0 radical (unpaired) electrons. The Balaban J connectivity index is 1.62. The Kier molecular flexibility index (Phi) is 4.95. The first-order valence-corrected chi connectivity index (χ1v) is 9.94. The summed E-state index contributed by atoms with van der Waals surface area (Å²) in [6.07, 6.45) is 4.88. The minimum atomic E-state index is -0.199. The Labute approximate surface area is 164 Å². The highest BCUT2D eigenvalue weighted by Gasteiger charge is 2.22. The van der Waals surface area contributed by atoms with Crippen molar-refractivity contribution < 1.29 is 9.21 Å². The van der Waals surface area contributed by atoms with Crippen LogP contribution in [0.25, 0.3) is 21.8 Å².